The first-order valence-corrected chi connectivity index (χ1v) is 5.86. The van der Waals surface area contributed by atoms with Crippen molar-refractivity contribution in [2.24, 2.45) is 0 Å². The van der Waals surface area contributed by atoms with Crippen molar-refractivity contribution in [2.45, 2.75) is 12.8 Å². The molecule has 2 aromatic rings. The number of para-hydroxylation sites is 1. The van der Waals surface area contributed by atoms with E-state index in [1.165, 1.54) is 0 Å². The number of nitrogens with zero attached hydrogens (tertiary/aromatic N) is 1. The van der Waals surface area contributed by atoms with Crippen molar-refractivity contribution in [3.8, 4) is 5.75 Å². The van der Waals surface area contributed by atoms with Gasteiger partial charge in [-0.2, -0.15) is 0 Å². The lowest BCUT2D eigenvalue weighted by Gasteiger charge is -2.06. The van der Waals surface area contributed by atoms with Crippen molar-refractivity contribution < 1.29 is 9.47 Å². The largest absolute Gasteiger partial charge is 0.492 e. The van der Waals surface area contributed by atoms with E-state index in [0.717, 1.165) is 36.1 Å². The molecule has 0 fully saturated rings. The summed E-state index contributed by atoms with van der Waals surface area (Å²) in [5.74, 6) is 0.834. The van der Waals surface area contributed by atoms with Gasteiger partial charge < -0.3 is 9.47 Å². The van der Waals surface area contributed by atoms with Gasteiger partial charge in [0, 0.05) is 19.1 Å². The number of methoxy groups -OCH3 is 1. The lowest BCUT2D eigenvalue weighted by atomic mass is 10.2. The molecule has 1 aromatic heterocycles. The van der Waals surface area contributed by atoms with Gasteiger partial charge in [-0.25, -0.2) is 0 Å². The number of rotatable bonds is 6. The molecule has 0 saturated carbocycles. The van der Waals surface area contributed by atoms with Gasteiger partial charge in [0.05, 0.1) is 18.3 Å². The quantitative estimate of drug-likeness (QED) is 0.716. The Hall–Kier alpha value is -1.61. The van der Waals surface area contributed by atoms with Crippen LogP contribution in [0.2, 0.25) is 0 Å². The van der Waals surface area contributed by atoms with Gasteiger partial charge in [-0.05, 0) is 25.0 Å². The molecule has 2 rings (SSSR count). The van der Waals surface area contributed by atoms with Crippen molar-refractivity contribution >= 4 is 10.9 Å². The van der Waals surface area contributed by atoms with Crippen LogP contribution in [0.4, 0.5) is 0 Å². The normalized spacial score (nSPS) is 10.6. The topological polar surface area (TPSA) is 31.4 Å². The Kier molecular flexibility index (Phi) is 4.33. The van der Waals surface area contributed by atoms with Crippen molar-refractivity contribution in [3.63, 3.8) is 0 Å². The molecular formula is C14H17NO2. The predicted octanol–water partition coefficient (Wildman–Crippen LogP) is 3.04. The molecule has 1 aromatic carbocycles. The summed E-state index contributed by atoms with van der Waals surface area (Å²) in [6, 6.07) is 10.1. The van der Waals surface area contributed by atoms with Crippen LogP contribution < -0.4 is 4.74 Å². The van der Waals surface area contributed by atoms with Gasteiger partial charge in [0.2, 0.25) is 0 Å². The number of unbranched alkanes of at least 4 members (excludes halogenated alkanes) is 1. The second-order valence-corrected chi connectivity index (χ2v) is 3.91. The van der Waals surface area contributed by atoms with Gasteiger partial charge in [-0.3, -0.25) is 4.98 Å². The van der Waals surface area contributed by atoms with E-state index in [1.54, 1.807) is 13.3 Å². The lowest BCUT2D eigenvalue weighted by molar-refractivity contribution is 0.184. The molecule has 0 aliphatic carbocycles. The van der Waals surface area contributed by atoms with Crippen LogP contribution in [0, 0.1) is 0 Å². The predicted molar refractivity (Wildman–Crippen MR) is 68.3 cm³/mol. The summed E-state index contributed by atoms with van der Waals surface area (Å²) in [6.07, 6.45) is 3.80. The highest BCUT2D eigenvalue weighted by molar-refractivity contribution is 5.79. The Balaban J connectivity index is 1.90. The zero-order valence-electron chi connectivity index (χ0n) is 10.1. The van der Waals surface area contributed by atoms with Gasteiger partial charge in [-0.15, -0.1) is 0 Å². The number of hydrogen-bond donors (Lipinski definition) is 0. The molecule has 0 aliphatic heterocycles. The van der Waals surface area contributed by atoms with E-state index in [1.807, 2.05) is 30.3 Å². The third kappa shape index (κ3) is 3.43. The molecule has 0 amide bonds. The molecule has 0 radical (unpaired) electrons. The van der Waals surface area contributed by atoms with Crippen LogP contribution in [-0.4, -0.2) is 25.3 Å². The van der Waals surface area contributed by atoms with E-state index < -0.39 is 0 Å². The van der Waals surface area contributed by atoms with Gasteiger partial charge in [0.1, 0.15) is 5.75 Å². The van der Waals surface area contributed by atoms with E-state index >= 15 is 0 Å². The Morgan fingerprint density at radius 2 is 1.94 bits per heavy atom. The van der Waals surface area contributed by atoms with Crippen molar-refractivity contribution in [1.82, 2.24) is 4.98 Å². The average Bonchev–Trinajstić information content (AvgIpc) is 2.38. The Bertz CT molecular complexity index is 470. The first-order valence-electron chi connectivity index (χ1n) is 5.86. The van der Waals surface area contributed by atoms with Crippen LogP contribution in [0.3, 0.4) is 0 Å². The lowest BCUT2D eigenvalue weighted by Crippen LogP contribution is -1.99. The van der Waals surface area contributed by atoms with E-state index in [9.17, 15) is 0 Å². The maximum Gasteiger partial charge on any atom is 0.138 e. The minimum absolute atomic E-state index is 0.712. The molecule has 1 heterocycles. The number of benzene rings is 1. The molecule has 0 saturated heterocycles. The number of pyridine rings is 1. The summed E-state index contributed by atoms with van der Waals surface area (Å²) in [5.41, 5.74) is 0.999. The molecule has 17 heavy (non-hydrogen) atoms. The number of hydrogen-bond acceptors (Lipinski definition) is 3. The van der Waals surface area contributed by atoms with Gasteiger partial charge >= 0.3 is 0 Å². The van der Waals surface area contributed by atoms with Crippen LogP contribution in [0.15, 0.2) is 36.5 Å². The summed E-state index contributed by atoms with van der Waals surface area (Å²) in [7, 11) is 1.72. The molecule has 90 valence electrons. The minimum Gasteiger partial charge on any atom is -0.492 e. The van der Waals surface area contributed by atoms with E-state index in [4.69, 9.17) is 9.47 Å². The maximum absolute atomic E-state index is 5.64. The summed E-state index contributed by atoms with van der Waals surface area (Å²) in [5, 5.41) is 1.11. The van der Waals surface area contributed by atoms with Gasteiger partial charge in [-0.1, -0.05) is 18.2 Å². The molecule has 0 aliphatic rings. The fourth-order valence-electron chi connectivity index (χ4n) is 1.67. The smallest absolute Gasteiger partial charge is 0.138 e. The molecule has 0 spiro atoms. The second kappa shape index (κ2) is 6.21. The van der Waals surface area contributed by atoms with E-state index in [-0.39, 0.29) is 0 Å². The monoisotopic (exact) mass is 231 g/mol. The van der Waals surface area contributed by atoms with Crippen molar-refractivity contribution in [2.75, 3.05) is 20.3 Å². The zero-order valence-corrected chi connectivity index (χ0v) is 10.1. The van der Waals surface area contributed by atoms with Crippen LogP contribution in [0.25, 0.3) is 10.9 Å². The first kappa shape index (κ1) is 11.9. The highest BCUT2D eigenvalue weighted by Gasteiger charge is 1.98. The first-order chi connectivity index (χ1) is 8.40. The van der Waals surface area contributed by atoms with Crippen molar-refractivity contribution in [3.05, 3.63) is 36.5 Å². The summed E-state index contributed by atoms with van der Waals surface area (Å²) in [4.78, 5) is 4.35. The third-order valence-electron chi connectivity index (χ3n) is 2.58. The summed E-state index contributed by atoms with van der Waals surface area (Å²) < 4.78 is 10.6. The van der Waals surface area contributed by atoms with Crippen LogP contribution in [-0.2, 0) is 4.74 Å². The third-order valence-corrected chi connectivity index (χ3v) is 2.58. The van der Waals surface area contributed by atoms with Gasteiger partial charge in [0.25, 0.3) is 0 Å². The molecule has 3 nitrogen and oxygen atoms in total. The minimum atomic E-state index is 0.712. The molecule has 0 N–H and O–H groups in total. The van der Waals surface area contributed by atoms with E-state index in [0.29, 0.717) is 6.61 Å². The maximum atomic E-state index is 5.64. The molecule has 0 unspecified atom stereocenters. The highest BCUT2D eigenvalue weighted by Crippen LogP contribution is 2.17. The highest BCUT2D eigenvalue weighted by atomic mass is 16.5. The molecule has 3 heteroatoms. The van der Waals surface area contributed by atoms with E-state index in [2.05, 4.69) is 4.98 Å². The second-order valence-electron chi connectivity index (χ2n) is 3.91. The van der Waals surface area contributed by atoms with Crippen LogP contribution >= 0.6 is 0 Å². The SMILES string of the molecule is COCCCCOc1cnc2ccccc2c1. The van der Waals surface area contributed by atoms with Crippen LogP contribution in [0.5, 0.6) is 5.75 Å². The summed E-state index contributed by atoms with van der Waals surface area (Å²) in [6.45, 7) is 1.50. The Morgan fingerprint density at radius 3 is 2.82 bits per heavy atom. The Labute approximate surface area is 101 Å². The van der Waals surface area contributed by atoms with Crippen molar-refractivity contribution in [1.29, 1.82) is 0 Å². The fraction of sp³-hybridized carbons (Fsp3) is 0.357. The standard InChI is InChI=1S/C14H17NO2/c1-16-8-4-5-9-17-13-10-12-6-2-3-7-14(12)15-11-13/h2-3,6-7,10-11H,4-5,8-9H2,1H3. The molecule has 0 bridgehead atoms. The summed E-state index contributed by atoms with van der Waals surface area (Å²) >= 11 is 0. The average molecular weight is 231 g/mol. The molecule has 0 atom stereocenters. The number of ether oxygens (including phenoxy) is 2. The number of fused-ring (bicyclic) bond motifs is 1. The Morgan fingerprint density at radius 1 is 1.12 bits per heavy atom. The number of aromatic nitrogens is 1. The zero-order chi connectivity index (χ0) is 11.9. The van der Waals surface area contributed by atoms with Gasteiger partial charge in [0.15, 0.2) is 0 Å². The van der Waals surface area contributed by atoms with Crippen LogP contribution in [0.1, 0.15) is 12.8 Å². The fourth-order valence-corrected chi connectivity index (χ4v) is 1.67. The molecular weight excluding hydrogens is 214 g/mol.